The lowest BCUT2D eigenvalue weighted by Gasteiger charge is -2.02. The van der Waals surface area contributed by atoms with E-state index < -0.39 is 5.97 Å². The molecule has 1 aromatic heterocycles. The van der Waals surface area contributed by atoms with Crippen LogP contribution < -0.4 is 5.32 Å². The number of carbonyl (C=O) groups excluding carboxylic acids is 1. The molecule has 0 fully saturated rings. The maximum Gasteiger partial charge on any atom is 0.328 e. The lowest BCUT2D eigenvalue weighted by Crippen LogP contribution is -2.23. The van der Waals surface area contributed by atoms with E-state index in [1.807, 2.05) is 0 Å². The molecule has 0 spiro atoms. The number of nitrogens with one attached hydrogen (secondary N) is 1. The van der Waals surface area contributed by atoms with E-state index in [9.17, 15) is 9.59 Å². The van der Waals surface area contributed by atoms with E-state index in [4.69, 9.17) is 5.11 Å². The van der Waals surface area contributed by atoms with E-state index in [0.29, 0.717) is 12.1 Å². The first-order valence-electron chi connectivity index (χ1n) is 5.90. The van der Waals surface area contributed by atoms with E-state index in [0.717, 1.165) is 29.5 Å². The van der Waals surface area contributed by atoms with Crippen molar-refractivity contribution in [1.29, 1.82) is 0 Å². The van der Waals surface area contributed by atoms with Crippen LogP contribution in [0.4, 0.5) is 0 Å². The van der Waals surface area contributed by atoms with Gasteiger partial charge in [-0.1, -0.05) is 0 Å². The number of unbranched alkanes of at least 4 members (excludes halogenated alkanes) is 1. The fourth-order valence-electron chi connectivity index (χ4n) is 1.39. The van der Waals surface area contributed by atoms with Gasteiger partial charge in [-0.05, 0) is 37.0 Å². The maximum absolute atomic E-state index is 11.8. The molecule has 0 saturated carbocycles. The van der Waals surface area contributed by atoms with Crippen molar-refractivity contribution in [2.24, 2.45) is 0 Å². The Bertz CT molecular complexity index is 454. The first-order chi connectivity index (χ1) is 9.13. The second-order valence-corrected chi connectivity index (χ2v) is 5.79. The Morgan fingerprint density at radius 3 is 2.95 bits per heavy atom. The number of thioether (sulfide) groups is 1. The Labute approximate surface area is 120 Å². The zero-order valence-electron chi connectivity index (χ0n) is 10.7. The van der Waals surface area contributed by atoms with Crippen LogP contribution in [-0.2, 0) is 4.79 Å². The number of hydrogen-bond acceptors (Lipinski definition) is 4. The van der Waals surface area contributed by atoms with Crippen molar-refractivity contribution in [2.75, 3.05) is 18.6 Å². The number of carboxylic acid groups (broad SMARTS) is 1. The molecule has 0 atom stereocenters. The van der Waals surface area contributed by atoms with Gasteiger partial charge in [-0.25, -0.2) is 4.79 Å². The predicted octanol–water partition coefficient (Wildman–Crippen LogP) is 2.72. The highest BCUT2D eigenvalue weighted by molar-refractivity contribution is 7.98. The summed E-state index contributed by atoms with van der Waals surface area (Å²) in [6, 6.07) is 1.70. The summed E-state index contributed by atoms with van der Waals surface area (Å²) in [7, 11) is 0. The number of carboxylic acids is 1. The van der Waals surface area contributed by atoms with Gasteiger partial charge in [0.05, 0.1) is 5.56 Å². The van der Waals surface area contributed by atoms with Crippen molar-refractivity contribution in [1.82, 2.24) is 5.32 Å². The van der Waals surface area contributed by atoms with Crippen molar-refractivity contribution in [3.05, 3.63) is 28.0 Å². The minimum atomic E-state index is -0.992. The summed E-state index contributed by atoms with van der Waals surface area (Å²) < 4.78 is 0. The Balaban J connectivity index is 2.38. The van der Waals surface area contributed by atoms with Crippen molar-refractivity contribution in [3.63, 3.8) is 0 Å². The fourth-order valence-corrected chi connectivity index (χ4v) is 2.66. The molecule has 0 radical (unpaired) electrons. The molecule has 1 amide bonds. The Hall–Kier alpha value is -1.27. The Kier molecular flexibility index (Phi) is 7.28. The van der Waals surface area contributed by atoms with Crippen molar-refractivity contribution in [2.45, 2.75) is 12.8 Å². The molecule has 0 saturated heterocycles. The van der Waals surface area contributed by atoms with Crippen LogP contribution in [0.1, 0.15) is 28.1 Å². The molecule has 1 rings (SSSR count). The quantitative estimate of drug-likeness (QED) is 0.572. The number of aliphatic carboxylic acids is 1. The van der Waals surface area contributed by atoms with Gasteiger partial charge in [0.1, 0.15) is 0 Å². The number of hydrogen-bond donors (Lipinski definition) is 2. The smallest absolute Gasteiger partial charge is 0.328 e. The molecule has 0 unspecified atom stereocenters. The van der Waals surface area contributed by atoms with Crippen LogP contribution in [0.3, 0.4) is 0 Å². The predicted molar refractivity (Wildman–Crippen MR) is 80.9 cm³/mol. The molecule has 4 nitrogen and oxygen atoms in total. The first kappa shape index (κ1) is 15.8. The largest absolute Gasteiger partial charge is 0.478 e. The second-order valence-electron chi connectivity index (χ2n) is 3.87. The van der Waals surface area contributed by atoms with Crippen LogP contribution in [0.15, 0.2) is 17.5 Å². The summed E-state index contributed by atoms with van der Waals surface area (Å²) in [4.78, 5) is 22.9. The second kappa shape index (κ2) is 8.77. The normalized spacial score (nSPS) is 10.8. The van der Waals surface area contributed by atoms with E-state index in [-0.39, 0.29) is 5.91 Å². The maximum atomic E-state index is 11.8. The van der Waals surface area contributed by atoms with Crippen LogP contribution in [0.25, 0.3) is 6.08 Å². The molecule has 1 aromatic rings. The lowest BCUT2D eigenvalue weighted by atomic mass is 10.2. The molecular formula is C13H17NO3S2. The summed E-state index contributed by atoms with van der Waals surface area (Å²) in [6.45, 7) is 0.676. The number of thiophene rings is 1. The zero-order chi connectivity index (χ0) is 14.1. The topological polar surface area (TPSA) is 66.4 Å². The molecular weight excluding hydrogens is 282 g/mol. The van der Waals surface area contributed by atoms with E-state index in [2.05, 4.69) is 11.6 Å². The van der Waals surface area contributed by atoms with E-state index >= 15 is 0 Å². The zero-order valence-corrected chi connectivity index (χ0v) is 12.4. The number of carbonyl (C=O) groups is 2. The molecule has 1 heterocycles. The summed E-state index contributed by atoms with van der Waals surface area (Å²) in [5.41, 5.74) is 0.583. The average molecular weight is 299 g/mol. The summed E-state index contributed by atoms with van der Waals surface area (Å²) in [5, 5.41) is 13.1. The third kappa shape index (κ3) is 6.45. The number of rotatable bonds is 8. The lowest BCUT2D eigenvalue weighted by molar-refractivity contribution is -0.131. The van der Waals surface area contributed by atoms with Gasteiger partial charge >= 0.3 is 5.97 Å². The van der Waals surface area contributed by atoms with Gasteiger partial charge in [-0.2, -0.15) is 11.8 Å². The van der Waals surface area contributed by atoms with Gasteiger partial charge < -0.3 is 10.4 Å². The molecule has 0 aliphatic rings. The van der Waals surface area contributed by atoms with Gasteiger partial charge in [0, 0.05) is 22.9 Å². The third-order valence-electron chi connectivity index (χ3n) is 2.33. The monoisotopic (exact) mass is 299 g/mol. The summed E-state index contributed by atoms with van der Waals surface area (Å²) in [5.74, 6) is 0.0157. The van der Waals surface area contributed by atoms with Gasteiger partial charge in [-0.15, -0.1) is 11.3 Å². The molecule has 19 heavy (non-hydrogen) atoms. The molecule has 2 N–H and O–H groups in total. The minimum absolute atomic E-state index is 0.102. The molecule has 0 bridgehead atoms. The van der Waals surface area contributed by atoms with Gasteiger partial charge in [-0.3, -0.25) is 4.79 Å². The summed E-state index contributed by atoms with van der Waals surface area (Å²) in [6.07, 6.45) is 6.69. The van der Waals surface area contributed by atoms with Gasteiger partial charge in [0.2, 0.25) is 0 Å². The van der Waals surface area contributed by atoms with Crippen LogP contribution >= 0.6 is 23.1 Å². The molecule has 6 heteroatoms. The van der Waals surface area contributed by atoms with Crippen molar-refractivity contribution in [3.8, 4) is 0 Å². The third-order valence-corrected chi connectivity index (χ3v) is 3.93. The van der Waals surface area contributed by atoms with Gasteiger partial charge in [0.15, 0.2) is 0 Å². The minimum Gasteiger partial charge on any atom is -0.478 e. The van der Waals surface area contributed by atoms with E-state index in [1.165, 1.54) is 17.4 Å². The Morgan fingerprint density at radius 2 is 2.26 bits per heavy atom. The highest BCUT2D eigenvalue weighted by atomic mass is 32.2. The highest BCUT2D eigenvalue weighted by Crippen LogP contribution is 2.16. The van der Waals surface area contributed by atoms with Crippen molar-refractivity contribution < 1.29 is 14.7 Å². The fraction of sp³-hybridized carbons (Fsp3) is 0.385. The van der Waals surface area contributed by atoms with Gasteiger partial charge in [0.25, 0.3) is 5.91 Å². The van der Waals surface area contributed by atoms with Crippen LogP contribution in [0.5, 0.6) is 0 Å². The van der Waals surface area contributed by atoms with Crippen LogP contribution in [0.2, 0.25) is 0 Å². The SMILES string of the molecule is CSCCCCNC(=O)c1csc(/C=C/C(=O)O)c1. The standard InChI is InChI=1S/C13H17NO3S2/c1-18-7-3-2-6-14-13(17)10-8-11(19-9-10)4-5-12(15)16/h4-5,8-9H,2-3,6-7H2,1H3,(H,14,17)(H,15,16)/b5-4+. The van der Waals surface area contributed by atoms with E-state index in [1.54, 1.807) is 23.2 Å². The molecule has 104 valence electrons. The Morgan fingerprint density at radius 1 is 1.47 bits per heavy atom. The van der Waals surface area contributed by atoms with Crippen molar-refractivity contribution >= 4 is 41.1 Å². The average Bonchev–Trinajstić information content (AvgIpc) is 2.84. The van der Waals surface area contributed by atoms with Crippen LogP contribution in [0, 0.1) is 0 Å². The first-order valence-corrected chi connectivity index (χ1v) is 8.17. The highest BCUT2D eigenvalue weighted by Gasteiger charge is 2.06. The molecule has 0 aliphatic heterocycles. The molecule has 0 aliphatic carbocycles. The molecule has 0 aromatic carbocycles. The number of amides is 1. The summed E-state index contributed by atoms with van der Waals surface area (Å²) >= 11 is 3.15. The van der Waals surface area contributed by atoms with Crippen LogP contribution in [-0.4, -0.2) is 35.5 Å².